The number of carbonyl (C=O) groups excluding carboxylic acids is 3. The van der Waals surface area contributed by atoms with Gasteiger partial charge in [0, 0.05) is 19.3 Å². The zero-order chi connectivity index (χ0) is 55.0. The quantitative estimate of drug-likeness (QED) is 0.0261. The van der Waals surface area contributed by atoms with E-state index in [1.807, 2.05) is 0 Å². The second-order valence-electron chi connectivity index (χ2n) is 22.0. The van der Waals surface area contributed by atoms with E-state index in [-0.39, 0.29) is 31.1 Å². The highest BCUT2D eigenvalue weighted by Gasteiger charge is 2.19. The summed E-state index contributed by atoms with van der Waals surface area (Å²) in [5, 5.41) is 0. The first-order valence-electron chi connectivity index (χ1n) is 32.9. The van der Waals surface area contributed by atoms with Gasteiger partial charge in [0.05, 0.1) is 0 Å². The van der Waals surface area contributed by atoms with E-state index in [0.29, 0.717) is 19.3 Å². The molecule has 0 N–H and O–H groups in total. The van der Waals surface area contributed by atoms with Crippen molar-refractivity contribution >= 4 is 17.9 Å². The summed E-state index contributed by atoms with van der Waals surface area (Å²) in [7, 11) is 0. The Bertz CT molecular complexity index is 1400. The normalized spacial score (nSPS) is 12.5. The topological polar surface area (TPSA) is 78.9 Å². The van der Waals surface area contributed by atoms with Crippen molar-refractivity contribution in [2.75, 3.05) is 13.2 Å². The Morgan fingerprint density at radius 3 is 0.803 bits per heavy atom. The van der Waals surface area contributed by atoms with Gasteiger partial charge in [-0.3, -0.25) is 14.4 Å². The molecular formula is C70H124O6. The Balaban J connectivity index is 4.33. The molecule has 0 aliphatic rings. The second kappa shape index (κ2) is 64.4. The van der Waals surface area contributed by atoms with Crippen LogP contribution in [0.15, 0.2) is 72.9 Å². The molecule has 0 aromatic heterocycles. The van der Waals surface area contributed by atoms with Gasteiger partial charge in [-0.25, -0.2) is 0 Å². The average Bonchev–Trinajstić information content (AvgIpc) is 3.42. The molecule has 6 heteroatoms. The van der Waals surface area contributed by atoms with E-state index in [4.69, 9.17) is 14.2 Å². The van der Waals surface area contributed by atoms with Crippen LogP contribution in [0.5, 0.6) is 0 Å². The number of ether oxygens (including phenoxy) is 3. The van der Waals surface area contributed by atoms with Gasteiger partial charge in [0.15, 0.2) is 6.10 Å². The van der Waals surface area contributed by atoms with Gasteiger partial charge in [-0.1, -0.05) is 299 Å². The van der Waals surface area contributed by atoms with Crippen LogP contribution in [0.2, 0.25) is 0 Å². The Kier molecular flexibility index (Phi) is 61.7. The average molecular weight is 1060 g/mol. The zero-order valence-corrected chi connectivity index (χ0v) is 50.5. The van der Waals surface area contributed by atoms with Crippen molar-refractivity contribution in [1.82, 2.24) is 0 Å². The predicted molar refractivity (Wildman–Crippen MR) is 330 cm³/mol. The first-order chi connectivity index (χ1) is 37.5. The van der Waals surface area contributed by atoms with Crippen molar-refractivity contribution in [2.24, 2.45) is 0 Å². The van der Waals surface area contributed by atoms with Crippen LogP contribution >= 0.6 is 0 Å². The molecule has 0 saturated carbocycles. The number of hydrogen-bond acceptors (Lipinski definition) is 6. The van der Waals surface area contributed by atoms with Crippen molar-refractivity contribution in [3.05, 3.63) is 72.9 Å². The third-order valence-electron chi connectivity index (χ3n) is 14.4. The van der Waals surface area contributed by atoms with Gasteiger partial charge in [-0.2, -0.15) is 0 Å². The van der Waals surface area contributed by atoms with Crippen LogP contribution in [0, 0.1) is 0 Å². The van der Waals surface area contributed by atoms with Crippen LogP contribution < -0.4 is 0 Å². The fourth-order valence-corrected chi connectivity index (χ4v) is 9.53. The first kappa shape index (κ1) is 72.8. The van der Waals surface area contributed by atoms with Crippen molar-refractivity contribution < 1.29 is 28.6 Å². The Morgan fingerprint density at radius 2 is 0.513 bits per heavy atom. The molecule has 0 aromatic rings. The molecular weight excluding hydrogens is 937 g/mol. The summed E-state index contributed by atoms with van der Waals surface area (Å²) in [6, 6.07) is 0. The molecule has 0 fully saturated rings. The maximum atomic E-state index is 12.9. The molecule has 0 radical (unpaired) electrons. The fourth-order valence-electron chi connectivity index (χ4n) is 9.53. The van der Waals surface area contributed by atoms with Gasteiger partial charge in [-0.05, 0) is 89.9 Å². The molecule has 0 bridgehead atoms. The summed E-state index contributed by atoms with van der Waals surface area (Å²) in [4.78, 5) is 38.4. The fraction of sp³-hybridized carbons (Fsp3) is 0.786. The standard InChI is InChI=1S/C70H124O6/c1-4-7-10-13-16-19-22-25-28-30-32-34-35-37-38-40-42-45-48-51-54-57-60-63-69(72)75-66-67(65-74-68(71)62-59-56-53-50-47-44-27-24-21-18-15-12-9-6-3)76-70(73)64-61-58-55-52-49-46-43-41-39-36-33-31-29-26-23-20-17-14-11-8-5-2/h8,11,17,20,22,25-26,29-30,32-33,36,67H,4-7,9-10,12-16,18-19,21,23-24,27-28,31,34-35,37-66H2,1-3H3/b11-8-,20-17-,25-22-,29-26-,32-30-,36-33-. The number of carbonyl (C=O) groups is 3. The van der Waals surface area contributed by atoms with E-state index in [1.165, 1.54) is 199 Å². The molecule has 0 aromatic carbocycles. The van der Waals surface area contributed by atoms with Crippen LogP contribution in [0.25, 0.3) is 0 Å². The summed E-state index contributed by atoms with van der Waals surface area (Å²) >= 11 is 0. The van der Waals surface area contributed by atoms with Gasteiger partial charge in [0.2, 0.25) is 0 Å². The molecule has 0 spiro atoms. The second-order valence-corrected chi connectivity index (χ2v) is 22.0. The van der Waals surface area contributed by atoms with Gasteiger partial charge < -0.3 is 14.2 Å². The minimum Gasteiger partial charge on any atom is -0.462 e. The number of unbranched alkanes of at least 4 members (excludes halogenated alkanes) is 37. The van der Waals surface area contributed by atoms with Crippen LogP contribution in [-0.4, -0.2) is 37.2 Å². The maximum absolute atomic E-state index is 12.9. The summed E-state index contributed by atoms with van der Waals surface area (Å²) < 4.78 is 17.0. The monoisotopic (exact) mass is 1060 g/mol. The highest BCUT2D eigenvalue weighted by molar-refractivity contribution is 5.71. The third kappa shape index (κ3) is 61.7. The first-order valence-corrected chi connectivity index (χ1v) is 32.9. The molecule has 6 nitrogen and oxygen atoms in total. The minimum atomic E-state index is -0.780. The molecule has 0 aliphatic heterocycles. The molecule has 0 heterocycles. The summed E-state index contributed by atoms with van der Waals surface area (Å²) in [5.41, 5.74) is 0. The van der Waals surface area contributed by atoms with Crippen LogP contribution in [0.3, 0.4) is 0 Å². The maximum Gasteiger partial charge on any atom is 0.306 e. The van der Waals surface area contributed by atoms with Gasteiger partial charge >= 0.3 is 17.9 Å². The van der Waals surface area contributed by atoms with Gasteiger partial charge in [0.1, 0.15) is 13.2 Å². The Hall–Kier alpha value is -3.15. The third-order valence-corrected chi connectivity index (χ3v) is 14.4. The van der Waals surface area contributed by atoms with Crippen molar-refractivity contribution in [1.29, 1.82) is 0 Å². The number of hydrogen-bond donors (Lipinski definition) is 0. The lowest BCUT2D eigenvalue weighted by Gasteiger charge is -2.18. The van der Waals surface area contributed by atoms with Crippen molar-refractivity contribution in [3.8, 4) is 0 Å². The van der Waals surface area contributed by atoms with Crippen molar-refractivity contribution in [2.45, 2.75) is 341 Å². The largest absolute Gasteiger partial charge is 0.462 e. The Labute approximate surface area is 472 Å². The number of rotatable bonds is 60. The highest BCUT2D eigenvalue weighted by atomic mass is 16.6. The molecule has 440 valence electrons. The lowest BCUT2D eigenvalue weighted by atomic mass is 10.0. The molecule has 0 rings (SSSR count). The smallest absolute Gasteiger partial charge is 0.306 e. The predicted octanol–water partition coefficient (Wildman–Crippen LogP) is 22.5. The van der Waals surface area contributed by atoms with E-state index in [9.17, 15) is 14.4 Å². The van der Waals surface area contributed by atoms with E-state index in [0.717, 1.165) is 96.3 Å². The molecule has 0 saturated heterocycles. The number of esters is 3. The SMILES string of the molecule is CC/C=C\C/C=C\C/C=C\C/C=C\CCCCCCCCCCC(=O)OC(COC(=O)CCCCCCCCCCCCC/C=C\C/C=C\CCCCCCC)COC(=O)CCCCCCCCCCCCCCCC. The molecule has 1 atom stereocenters. The lowest BCUT2D eigenvalue weighted by molar-refractivity contribution is -0.167. The zero-order valence-electron chi connectivity index (χ0n) is 50.5. The summed E-state index contributed by atoms with van der Waals surface area (Å²) in [6.45, 7) is 6.55. The lowest BCUT2D eigenvalue weighted by Crippen LogP contribution is -2.30. The van der Waals surface area contributed by atoms with E-state index >= 15 is 0 Å². The molecule has 0 aliphatic carbocycles. The Morgan fingerprint density at radius 1 is 0.276 bits per heavy atom. The molecule has 1 unspecified atom stereocenters. The van der Waals surface area contributed by atoms with E-state index < -0.39 is 6.10 Å². The van der Waals surface area contributed by atoms with E-state index in [2.05, 4.69) is 93.7 Å². The van der Waals surface area contributed by atoms with Gasteiger partial charge in [0.25, 0.3) is 0 Å². The van der Waals surface area contributed by atoms with E-state index in [1.54, 1.807) is 0 Å². The summed E-state index contributed by atoms with van der Waals surface area (Å²) in [6.07, 6.45) is 83.3. The highest BCUT2D eigenvalue weighted by Crippen LogP contribution is 2.17. The van der Waals surface area contributed by atoms with Crippen LogP contribution in [0.1, 0.15) is 335 Å². The van der Waals surface area contributed by atoms with Crippen LogP contribution in [0.4, 0.5) is 0 Å². The number of allylic oxidation sites excluding steroid dienone is 12. The van der Waals surface area contributed by atoms with Crippen LogP contribution in [-0.2, 0) is 28.6 Å². The summed E-state index contributed by atoms with van der Waals surface area (Å²) in [5.74, 6) is -0.868. The molecule has 76 heavy (non-hydrogen) atoms. The van der Waals surface area contributed by atoms with Gasteiger partial charge in [-0.15, -0.1) is 0 Å². The minimum absolute atomic E-state index is 0.0759. The van der Waals surface area contributed by atoms with Crippen molar-refractivity contribution in [3.63, 3.8) is 0 Å². The molecule has 0 amide bonds.